The Morgan fingerprint density at radius 2 is 1.57 bits per heavy atom. The Balaban J connectivity index is 1.58. The van der Waals surface area contributed by atoms with Gasteiger partial charge in [-0.2, -0.15) is 13.5 Å². The molecule has 0 aliphatic carbocycles. The van der Waals surface area contributed by atoms with Crippen LogP contribution < -0.4 is 14.3 Å². The Morgan fingerprint density at radius 1 is 0.933 bits per heavy atom. The molecule has 0 saturated heterocycles. The molecule has 7 nitrogen and oxygen atoms in total. The number of benzene rings is 3. The Bertz CT molecular complexity index is 1110. The molecule has 0 heterocycles. The molecular weight excluding hydrogens is 404 g/mol. The van der Waals surface area contributed by atoms with E-state index in [1.165, 1.54) is 18.3 Å². The van der Waals surface area contributed by atoms with Crippen LogP contribution in [-0.4, -0.2) is 27.2 Å². The minimum absolute atomic E-state index is 0.124. The van der Waals surface area contributed by atoms with Crippen LogP contribution in [0.2, 0.25) is 0 Å². The second-order valence-electron chi connectivity index (χ2n) is 6.08. The van der Waals surface area contributed by atoms with Gasteiger partial charge in [-0.25, -0.2) is 9.63 Å². The van der Waals surface area contributed by atoms with Gasteiger partial charge in [0.05, 0.1) is 23.3 Å². The average Bonchev–Trinajstić information content (AvgIpc) is 2.76. The van der Waals surface area contributed by atoms with Gasteiger partial charge >= 0.3 is 5.97 Å². The van der Waals surface area contributed by atoms with E-state index >= 15 is 0 Å². The van der Waals surface area contributed by atoms with Crippen LogP contribution in [0.1, 0.15) is 22.8 Å². The lowest BCUT2D eigenvalue weighted by Crippen LogP contribution is -2.18. The molecule has 3 aromatic rings. The Morgan fingerprint density at radius 3 is 2.20 bits per heavy atom. The van der Waals surface area contributed by atoms with Crippen molar-refractivity contribution in [2.24, 2.45) is 5.10 Å². The van der Waals surface area contributed by atoms with E-state index in [1.54, 1.807) is 66.7 Å². The third kappa shape index (κ3) is 5.68. The molecular formula is C22H20N2O5S. The lowest BCUT2D eigenvalue weighted by Gasteiger charge is -2.06. The van der Waals surface area contributed by atoms with Crippen molar-refractivity contribution >= 4 is 22.2 Å². The third-order valence-corrected chi connectivity index (χ3v) is 5.17. The molecule has 0 aromatic heterocycles. The molecule has 0 aliphatic heterocycles. The molecule has 154 valence electrons. The number of carbonyl (C=O) groups is 1. The maximum Gasteiger partial charge on any atom is 0.343 e. The van der Waals surface area contributed by atoms with Crippen molar-refractivity contribution in [3.8, 4) is 11.5 Å². The summed E-state index contributed by atoms with van der Waals surface area (Å²) >= 11 is 0. The zero-order valence-corrected chi connectivity index (χ0v) is 17.0. The van der Waals surface area contributed by atoms with E-state index in [4.69, 9.17) is 9.47 Å². The zero-order chi connectivity index (χ0) is 21.4. The van der Waals surface area contributed by atoms with Crippen LogP contribution in [0.5, 0.6) is 11.5 Å². The van der Waals surface area contributed by atoms with Crippen molar-refractivity contribution in [2.45, 2.75) is 11.8 Å². The summed E-state index contributed by atoms with van der Waals surface area (Å²) in [5.41, 5.74) is 1.03. The Labute approximate surface area is 175 Å². The predicted molar refractivity (Wildman–Crippen MR) is 113 cm³/mol. The second kappa shape index (κ2) is 9.71. The first kappa shape index (κ1) is 21.1. The van der Waals surface area contributed by atoms with Gasteiger partial charge in [0.1, 0.15) is 11.5 Å². The molecule has 3 aromatic carbocycles. The highest BCUT2D eigenvalue weighted by Gasteiger charge is 2.11. The standard InChI is InChI=1S/C22H20N2O5S/c1-2-28-19-14-10-18(11-15-19)22(25)29-20-12-8-17(9-13-20)16-23-24-30(26,27)21-6-4-3-5-7-21/h3-16,24H,2H2,1H3/b23-16-. The molecule has 30 heavy (non-hydrogen) atoms. The number of rotatable bonds is 8. The first-order valence-electron chi connectivity index (χ1n) is 9.13. The zero-order valence-electron chi connectivity index (χ0n) is 16.2. The van der Waals surface area contributed by atoms with E-state index in [1.807, 2.05) is 6.92 Å². The van der Waals surface area contributed by atoms with Crippen molar-refractivity contribution in [3.05, 3.63) is 90.0 Å². The maximum atomic E-state index is 12.2. The SMILES string of the molecule is CCOc1ccc(C(=O)Oc2ccc(/C=N\NS(=O)(=O)c3ccccc3)cc2)cc1. The molecule has 3 rings (SSSR count). The van der Waals surface area contributed by atoms with Crippen LogP contribution in [0, 0.1) is 0 Å². The van der Waals surface area contributed by atoms with Gasteiger partial charge in [-0.3, -0.25) is 0 Å². The van der Waals surface area contributed by atoms with Crippen molar-refractivity contribution in [3.63, 3.8) is 0 Å². The molecule has 0 bridgehead atoms. The van der Waals surface area contributed by atoms with Crippen LogP contribution in [0.3, 0.4) is 0 Å². The van der Waals surface area contributed by atoms with E-state index in [9.17, 15) is 13.2 Å². The fraction of sp³-hybridized carbons (Fsp3) is 0.0909. The number of esters is 1. The van der Waals surface area contributed by atoms with Gasteiger partial charge in [-0.1, -0.05) is 18.2 Å². The summed E-state index contributed by atoms with van der Waals surface area (Å²) in [7, 11) is -3.72. The Kier molecular flexibility index (Phi) is 6.82. The van der Waals surface area contributed by atoms with Crippen molar-refractivity contribution in [2.75, 3.05) is 6.61 Å². The smallest absolute Gasteiger partial charge is 0.343 e. The Hall–Kier alpha value is -3.65. The topological polar surface area (TPSA) is 94.1 Å². The van der Waals surface area contributed by atoms with Gasteiger partial charge in [0.25, 0.3) is 10.0 Å². The highest BCUT2D eigenvalue weighted by molar-refractivity contribution is 7.89. The minimum atomic E-state index is -3.72. The van der Waals surface area contributed by atoms with Crippen molar-refractivity contribution in [1.29, 1.82) is 0 Å². The van der Waals surface area contributed by atoms with Gasteiger partial charge in [0, 0.05) is 0 Å². The molecule has 0 amide bonds. The molecule has 8 heteroatoms. The van der Waals surface area contributed by atoms with Crippen molar-refractivity contribution < 1.29 is 22.7 Å². The number of hydrazone groups is 1. The summed E-state index contributed by atoms with van der Waals surface area (Å²) in [6, 6.07) is 21.1. The number of hydrogen-bond donors (Lipinski definition) is 1. The van der Waals surface area contributed by atoms with E-state index in [0.29, 0.717) is 29.2 Å². The molecule has 0 aliphatic rings. The number of carbonyl (C=O) groups excluding carboxylic acids is 1. The molecule has 0 fully saturated rings. The van der Waals surface area contributed by atoms with E-state index in [-0.39, 0.29) is 4.90 Å². The number of sulfonamides is 1. The van der Waals surface area contributed by atoms with Crippen LogP contribution in [0.4, 0.5) is 0 Å². The summed E-state index contributed by atoms with van der Waals surface area (Å²) in [4.78, 5) is 14.5. The normalized spacial score (nSPS) is 11.2. The van der Waals surface area contributed by atoms with Gasteiger partial charge in [-0.15, -0.1) is 0 Å². The molecule has 0 atom stereocenters. The highest BCUT2D eigenvalue weighted by Crippen LogP contribution is 2.16. The van der Waals surface area contributed by atoms with Crippen LogP contribution in [0.25, 0.3) is 0 Å². The van der Waals surface area contributed by atoms with E-state index in [0.717, 1.165) is 0 Å². The first-order chi connectivity index (χ1) is 14.5. The lowest BCUT2D eigenvalue weighted by molar-refractivity contribution is 0.0734. The van der Waals surface area contributed by atoms with Gasteiger partial charge in [0.2, 0.25) is 0 Å². The van der Waals surface area contributed by atoms with Crippen LogP contribution >= 0.6 is 0 Å². The summed E-state index contributed by atoms with van der Waals surface area (Å²) in [6.45, 7) is 2.43. The summed E-state index contributed by atoms with van der Waals surface area (Å²) in [5, 5.41) is 3.77. The summed E-state index contributed by atoms with van der Waals surface area (Å²) in [6.07, 6.45) is 1.36. The van der Waals surface area contributed by atoms with Crippen LogP contribution in [0.15, 0.2) is 88.9 Å². The van der Waals surface area contributed by atoms with Gasteiger partial charge < -0.3 is 9.47 Å². The number of nitrogens with zero attached hydrogens (tertiary/aromatic N) is 1. The van der Waals surface area contributed by atoms with E-state index in [2.05, 4.69) is 9.93 Å². The van der Waals surface area contributed by atoms with Crippen LogP contribution in [-0.2, 0) is 10.0 Å². The molecule has 0 radical (unpaired) electrons. The number of hydrogen-bond acceptors (Lipinski definition) is 6. The average molecular weight is 424 g/mol. The number of nitrogens with one attached hydrogen (secondary N) is 1. The fourth-order valence-electron chi connectivity index (χ4n) is 2.46. The van der Waals surface area contributed by atoms with E-state index < -0.39 is 16.0 Å². The molecule has 0 spiro atoms. The largest absolute Gasteiger partial charge is 0.494 e. The van der Waals surface area contributed by atoms with Crippen molar-refractivity contribution in [1.82, 2.24) is 4.83 Å². The fourth-order valence-corrected chi connectivity index (χ4v) is 3.28. The summed E-state index contributed by atoms with van der Waals surface area (Å²) < 4.78 is 34.9. The van der Waals surface area contributed by atoms with Gasteiger partial charge in [-0.05, 0) is 73.2 Å². The summed E-state index contributed by atoms with van der Waals surface area (Å²) in [5.74, 6) is 0.548. The van der Waals surface area contributed by atoms with Gasteiger partial charge in [0.15, 0.2) is 0 Å². The first-order valence-corrected chi connectivity index (χ1v) is 10.6. The molecule has 1 N–H and O–H groups in total. The monoisotopic (exact) mass is 424 g/mol. The number of ether oxygens (including phenoxy) is 2. The second-order valence-corrected chi connectivity index (χ2v) is 7.74. The highest BCUT2D eigenvalue weighted by atomic mass is 32.2. The maximum absolute atomic E-state index is 12.2. The molecule has 0 unspecified atom stereocenters. The third-order valence-electron chi connectivity index (χ3n) is 3.93. The minimum Gasteiger partial charge on any atom is -0.494 e. The predicted octanol–water partition coefficient (Wildman–Crippen LogP) is 3.62. The molecule has 0 saturated carbocycles. The quantitative estimate of drug-likeness (QED) is 0.258. The lowest BCUT2D eigenvalue weighted by atomic mass is 10.2.